The molecular weight excluding hydrogens is 482 g/mol. The maximum absolute atomic E-state index is 13.6. The first kappa shape index (κ1) is 27.7. The van der Waals surface area contributed by atoms with Gasteiger partial charge in [0.1, 0.15) is 23.1 Å². The monoisotopic (exact) mass is 512 g/mol. The largest absolute Gasteiger partial charge is 0.497 e. The SMILES string of the molecule is COc1ccc(CO[C@@H](C[C@H](CNc2ccccc2)OC)[C@H](COc2cc(F)cc(F)c2)N=[N+]=[N-])cc1. The van der Waals surface area contributed by atoms with Crippen LogP contribution in [-0.2, 0) is 16.1 Å². The van der Waals surface area contributed by atoms with Crippen LogP contribution in [0.3, 0.4) is 0 Å². The van der Waals surface area contributed by atoms with Gasteiger partial charge in [0.2, 0.25) is 0 Å². The number of rotatable bonds is 15. The number of methoxy groups -OCH3 is 2. The van der Waals surface area contributed by atoms with Gasteiger partial charge < -0.3 is 24.3 Å². The Hall–Kier alpha value is -3.85. The molecule has 0 aliphatic rings. The molecule has 10 heteroatoms. The van der Waals surface area contributed by atoms with Crippen molar-refractivity contribution in [2.45, 2.75) is 31.3 Å². The fourth-order valence-electron chi connectivity index (χ4n) is 3.65. The van der Waals surface area contributed by atoms with Gasteiger partial charge in [-0.1, -0.05) is 35.4 Å². The summed E-state index contributed by atoms with van der Waals surface area (Å²) in [6, 6.07) is 19.1. The van der Waals surface area contributed by atoms with E-state index in [2.05, 4.69) is 15.3 Å². The number of hydrogen-bond donors (Lipinski definition) is 1. The minimum absolute atomic E-state index is 0.0152. The molecule has 3 aromatic carbocycles. The summed E-state index contributed by atoms with van der Waals surface area (Å²) in [6.07, 6.45) is -0.570. The summed E-state index contributed by atoms with van der Waals surface area (Å²) in [4.78, 5) is 2.95. The van der Waals surface area contributed by atoms with Gasteiger partial charge in [-0.15, -0.1) is 0 Å². The third-order valence-electron chi connectivity index (χ3n) is 5.65. The van der Waals surface area contributed by atoms with Gasteiger partial charge in [0, 0.05) is 48.9 Å². The van der Waals surface area contributed by atoms with Crippen molar-refractivity contribution in [1.82, 2.24) is 0 Å². The first-order chi connectivity index (χ1) is 18.0. The Labute approximate surface area is 214 Å². The summed E-state index contributed by atoms with van der Waals surface area (Å²) in [5.41, 5.74) is 11.0. The Morgan fingerprint density at radius 2 is 1.65 bits per heavy atom. The molecule has 0 aromatic heterocycles. The number of halogens is 2. The predicted octanol–water partition coefficient (Wildman–Crippen LogP) is 6.13. The highest BCUT2D eigenvalue weighted by molar-refractivity contribution is 5.42. The van der Waals surface area contributed by atoms with Crippen molar-refractivity contribution in [1.29, 1.82) is 0 Å². The number of azide groups is 1. The van der Waals surface area contributed by atoms with Crippen LogP contribution in [0.2, 0.25) is 0 Å². The quantitative estimate of drug-likeness (QED) is 0.150. The fourth-order valence-corrected chi connectivity index (χ4v) is 3.65. The molecule has 3 aromatic rings. The van der Waals surface area contributed by atoms with E-state index < -0.39 is 23.8 Å². The lowest BCUT2D eigenvalue weighted by Gasteiger charge is -2.28. The summed E-state index contributed by atoms with van der Waals surface area (Å²) in [7, 11) is 3.18. The summed E-state index contributed by atoms with van der Waals surface area (Å²) in [5, 5.41) is 7.19. The van der Waals surface area contributed by atoms with Crippen LogP contribution in [0.5, 0.6) is 11.5 Å². The van der Waals surface area contributed by atoms with E-state index in [0.29, 0.717) is 13.0 Å². The molecule has 0 aliphatic carbocycles. The lowest BCUT2D eigenvalue weighted by atomic mass is 10.0. The average molecular weight is 513 g/mol. The predicted molar refractivity (Wildman–Crippen MR) is 137 cm³/mol. The molecule has 0 amide bonds. The third-order valence-corrected chi connectivity index (χ3v) is 5.65. The van der Waals surface area contributed by atoms with E-state index in [1.54, 1.807) is 14.2 Å². The maximum atomic E-state index is 13.6. The second-order valence-electron chi connectivity index (χ2n) is 8.23. The Kier molecular flexibility index (Phi) is 11.0. The molecule has 3 atom stereocenters. The first-order valence-corrected chi connectivity index (χ1v) is 11.7. The average Bonchev–Trinajstić information content (AvgIpc) is 2.91. The topological polar surface area (TPSA) is 97.7 Å². The Bertz CT molecular complexity index is 1120. The van der Waals surface area contributed by atoms with Crippen LogP contribution in [-0.4, -0.2) is 45.6 Å². The molecule has 0 radical (unpaired) electrons. The van der Waals surface area contributed by atoms with E-state index in [1.165, 1.54) is 0 Å². The smallest absolute Gasteiger partial charge is 0.129 e. The van der Waals surface area contributed by atoms with Gasteiger partial charge in [0.15, 0.2) is 0 Å². The molecule has 1 N–H and O–H groups in total. The number of benzene rings is 3. The summed E-state index contributed by atoms with van der Waals surface area (Å²) in [6.45, 7) is 0.549. The molecule has 0 heterocycles. The van der Waals surface area contributed by atoms with Crippen LogP contribution in [0, 0.1) is 11.6 Å². The van der Waals surface area contributed by atoms with Gasteiger partial charge in [-0.05, 0) is 35.4 Å². The number of ether oxygens (including phenoxy) is 4. The van der Waals surface area contributed by atoms with Crippen molar-refractivity contribution in [3.8, 4) is 11.5 Å². The maximum Gasteiger partial charge on any atom is 0.129 e. The van der Waals surface area contributed by atoms with Crippen LogP contribution in [0.4, 0.5) is 14.5 Å². The van der Waals surface area contributed by atoms with Crippen LogP contribution in [0.1, 0.15) is 12.0 Å². The minimum atomic E-state index is -0.802. The van der Waals surface area contributed by atoms with Crippen molar-refractivity contribution in [2.75, 3.05) is 32.7 Å². The summed E-state index contributed by atoms with van der Waals surface area (Å²) >= 11 is 0. The highest BCUT2D eigenvalue weighted by Gasteiger charge is 2.26. The minimum Gasteiger partial charge on any atom is -0.497 e. The van der Waals surface area contributed by atoms with Gasteiger partial charge >= 0.3 is 0 Å². The van der Waals surface area contributed by atoms with Crippen molar-refractivity contribution in [3.63, 3.8) is 0 Å². The molecule has 0 saturated heterocycles. The Balaban J connectivity index is 1.74. The molecule has 0 spiro atoms. The zero-order valence-electron chi connectivity index (χ0n) is 20.7. The highest BCUT2D eigenvalue weighted by Crippen LogP contribution is 2.21. The Morgan fingerprint density at radius 1 is 0.946 bits per heavy atom. The molecule has 8 nitrogen and oxygen atoms in total. The van der Waals surface area contributed by atoms with Crippen molar-refractivity contribution in [3.05, 3.63) is 100 Å². The molecular formula is C27H30F2N4O4. The highest BCUT2D eigenvalue weighted by atomic mass is 19.1. The molecule has 0 bridgehead atoms. The van der Waals surface area contributed by atoms with E-state index in [0.717, 1.165) is 35.2 Å². The molecule has 0 aliphatic heterocycles. The van der Waals surface area contributed by atoms with E-state index in [-0.39, 0.29) is 25.1 Å². The van der Waals surface area contributed by atoms with Gasteiger partial charge in [0.05, 0.1) is 38.6 Å². The van der Waals surface area contributed by atoms with Crippen LogP contribution in [0.25, 0.3) is 10.4 Å². The van der Waals surface area contributed by atoms with Gasteiger partial charge in [-0.3, -0.25) is 0 Å². The van der Waals surface area contributed by atoms with Gasteiger partial charge in [-0.2, -0.15) is 0 Å². The first-order valence-electron chi connectivity index (χ1n) is 11.7. The molecule has 196 valence electrons. The number of nitrogens with one attached hydrogen (secondary N) is 1. The number of hydrogen-bond acceptors (Lipinski definition) is 6. The van der Waals surface area contributed by atoms with Crippen molar-refractivity contribution >= 4 is 5.69 Å². The standard InChI is InChI=1S/C27H30F2N4O4/c1-34-23-10-8-19(9-11-23)17-37-27(15-25(35-2)16-31-22-6-4-3-5-7-22)26(32-33-30)18-36-24-13-20(28)12-21(29)14-24/h3-14,25-27,31H,15-18H2,1-2H3/t25-,26+,27+/m1/s1. The lowest BCUT2D eigenvalue weighted by Crippen LogP contribution is -2.38. The lowest BCUT2D eigenvalue weighted by molar-refractivity contribution is -0.0245. The van der Waals surface area contributed by atoms with E-state index in [4.69, 9.17) is 18.9 Å². The number of nitrogens with zero attached hydrogens (tertiary/aromatic N) is 3. The van der Waals surface area contributed by atoms with Crippen molar-refractivity contribution < 1.29 is 27.7 Å². The molecule has 0 fully saturated rings. The second kappa shape index (κ2) is 14.6. The van der Waals surface area contributed by atoms with E-state index in [1.807, 2.05) is 54.6 Å². The number of para-hydroxylation sites is 1. The molecule has 0 saturated carbocycles. The second-order valence-corrected chi connectivity index (χ2v) is 8.23. The van der Waals surface area contributed by atoms with Gasteiger partial charge in [0.25, 0.3) is 0 Å². The molecule has 3 rings (SSSR count). The summed E-state index contributed by atoms with van der Waals surface area (Å²) < 4.78 is 49.9. The number of anilines is 1. The molecule has 0 unspecified atom stereocenters. The fraction of sp³-hybridized carbons (Fsp3) is 0.333. The van der Waals surface area contributed by atoms with Crippen LogP contribution in [0.15, 0.2) is 77.9 Å². The Morgan fingerprint density at radius 3 is 2.27 bits per heavy atom. The van der Waals surface area contributed by atoms with Crippen molar-refractivity contribution in [2.24, 2.45) is 5.11 Å². The zero-order valence-corrected chi connectivity index (χ0v) is 20.7. The van der Waals surface area contributed by atoms with Gasteiger partial charge in [-0.25, -0.2) is 8.78 Å². The molecule has 37 heavy (non-hydrogen) atoms. The van der Waals surface area contributed by atoms with E-state index in [9.17, 15) is 14.3 Å². The zero-order chi connectivity index (χ0) is 26.5. The van der Waals surface area contributed by atoms with Crippen LogP contribution >= 0.6 is 0 Å². The normalized spacial score (nSPS) is 13.2. The van der Waals surface area contributed by atoms with Crippen LogP contribution < -0.4 is 14.8 Å². The third kappa shape index (κ3) is 9.27. The summed E-state index contributed by atoms with van der Waals surface area (Å²) in [5.74, 6) is -0.837. The van der Waals surface area contributed by atoms with E-state index >= 15 is 0 Å².